The maximum atomic E-state index is 12.6. The van der Waals surface area contributed by atoms with Gasteiger partial charge in [-0.3, -0.25) is 9.89 Å². The van der Waals surface area contributed by atoms with Gasteiger partial charge in [-0.2, -0.15) is 5.10 Å². The molecule has 178 valence electrons. The van der Waals surface area contributed by atoms with Crippen molar-refractivity contribution in [2.75, 3.05) is 28.6 Å². The largest absolute Gasteiger partial charge is 0.356 e. The highest BCUT2D eigenvalue weighted by atomic mass is 35.5. The van der Waals surface area contributed by atoms with Crippen LogP contribution in [0.3, 0.4) is 0 Å². The average Bonchev–Trinajstić information content (AvgIpc) is 3.20. The minimum absolute atomic E-state index is 0.320. The average molecular weight is 526 g/mol. The molecule has 0 unspecified atom stereocenters. The fourth-order valence-electron chi connectivity index (χ4n) is 3.42. The Morgan fingerprint density at radius 1 is 1.03 bits per heavy atom. The molecule has 1 fully saturated rings. The van der Waals surface area contributed by atoms with Crippen LogP contribution in [0, 0.1) is 6.92 Å². The lowest BCUT2D eigenvalue weighted by atomic mass is 10.2. The summed E-state index contributed by atoms with van der Waals surface area (Å²) in [5, 5.41) is 14.7. The van der Waals surface area contributed by atoms with Crippen molar-refractivity contribution in [2.24, 2.45) is 0 Å². The monoisotopic (exact) mass is 525 g/mol. The van der Waals surface area contributed by atoms with Gasteiger partial charge in [-0.15, -0.1) is 0 Å². The predicted molar refractivity (Wildman–Crippen MR) is 140 cm³/mol. The summed E-state index contributed by atoms with van der Waals surface area (Å²) in [5.74, 6) is 1.93. The number of aryl methyl sites for hydroxylation is 1. The van der Waals surface area contributed by atoms with Crippen LogP contribution in [0.4, 0.5) is 23.1 Å². The van der Waals surface area contributed by atoms with Gasteiger partial charge in [0, 0.05) is 46.5 Å². The third-order valence-electron chi connectivity index (χ3n) is 5.33. The molecule has 5 rings (SSSR count). The summed E-state index contributed by atoms with van der Waals surface area (Å²) in [7, 11) is 0. The molecule has 8 nitrogen and oxygen atoms in total. The Labute approximate surface area is 216 Å². The molecule has 35 heavy (non-hydrogen) atoms. The van der Waals surface area contributed by atoms with Gasteiger partial charge >= 0.3 is 0 Å². The fraction of sp³-hybridized carbons (Fsp3) is 0.167. The number of nitrogens with zero attached hydrogens (tertiary/aromatic N) is 4. The number of hydrogen-bond donors (Lipinski definition) is 3. The van der Waals surface area contributed by atoms with Crippen molar-refractivity contribution >= 4 is 64.0 Å². The first kappa shape index (κ1) is 23.5. The van der Waals surface area contributed by atoms with Gasteiger partial charge in [-0.25, -0.2) is 9.97 Å². The summed E-state index contributed by atoms with van der Waals surface area (Å²) >= 11 is 13.6. The third kappa shape index (κ3) is 5.70. The maximum Gasteiger partial charge on any atom is 0.257 e. The highest BCUT2D eigenvalue weighted by molar-refractivity contribution is 7.99. The number of aromatic nitrogens is 4. The van der Waals surface area contributed by atoms with Crippen LogP contribution in [0.1, 0.15) is 22.5 Å². The molecule has 1 aliphatic heterocycles. The van der Waals surface area contributed by atoms with Crippen molar-refractivity contribution in [2.45, 2.75) is 23.4 Å². The number of aromatic amines is 1. The van der Waals surface area contributed by atoms with E-state index < -0.39 is 0 Å². The zero-order chi connectivity index (χ0) is 24.4. The minimum Gasteiger partial charge on any atom is -0.356 e. The molecule has 0 spiro atoms. The Bertz CT molecular complexity index is 1370. The summed E-state index contributed by atoms with van der Waals surface area (Å²) in [6, 6.07) is 16.1. The van der Waals surface area contributed by atoms with E-state index in [0.29, 0.717) is 38.1 Å². The molecule has 0 atom stereocenters. The Kier molecular flexibility index (Phi) is 6.81. The maximum absolute atomic E-state index is 12.6. The van der Waals surface area contributed by atoms with Crippen molar-refractivity contribution in [1.82, 2.24) is 20.2 Å². The van der Waals surface area contributed by atoms with Crippen molar-refractivity contribution in [3.8, 4) is 0 Å². The highest BCUT2D eigenvalue weighted by Gasteiger charge is 2.19. The highest BCUT2D eigenvalue weighted by Crippen LogP contribution is 2.31. The SMILES string of the molecule is Cc1cc(Nc2cc(N3CCC3)nc(Sc3ccc(NC(=O)c4cc(Cl)ccc4Cl)cc3)n2)n[nH]1. The van der Waals surface area contributed by atoms with Crippen molar-refractivity contribution in [3.63, 3.8) is 0 Å². The van der Waals surface area contributed by atoms with Gasteiger partial charge in [-0.05, 0) is 67.6 Å². The molecule has 1 amide bonds. The standard InChI is InChI=1S/C24H21Cl2N7OS/c1-14-11-21(32-31-14)28-20-13-22(33-9-2-10-33)30-24(29-20)35-17-6-4-16(5-7-17)27-23(34)18-12-15(25)3-8-19(18)26/h3-8,11-13H,2,9-10H2,1H3,(H,27,34)(H2,28,29,30,31,32). The van der Waals surface area contributed by atoms with Gasteiger partial charge in [0.25, 0.3) is 5.91 Å². The minimum atomic E-state index is -0.326. The number of carbonyl (C=O) groups is 1. The molecule has 4 aromatic rings. The molecule has 1 aliphatic rings. The van der Waals surface area contributed by atoms with Crippen LogP contribution in [0.5, 0.6) is 0 Å². The number of hydrogen-bond acceptors (Lipinski definition) is 7. The van der Waals surface area contributed by atoms with Crippen LogP contribution in [-0.2, 0) is 0 Å². The lowest BCUT2D eigenvalue weighted by Crippen LogP contribution is -2.37. The van der Waals surface area contributed by atoms with Crippen molar-refractivity contribution in [1.29, 1.82) is 0 Å². The summed E-state index contributed by atoms with van der Waals surface area (Å²) < 4.78 is 0. The number of halogens is 2. The number of H-pyrrole nitrogens is 1. The van der Waals surface area contributed by atoms with Crippen LogP contribution in [0.25, 0.3) is 0 Å². The first-order valence-corrected chi connectivity index (χ1v) is 12.5. The smallest absolute Gasteiger partial charge is 0.257 e. The molecular formula is C24H21Cl2N7OS. The van der Waals surface area contributed by atoms with Crippen molar-refractivity contribution in [3.05, 3.63) is 75.9 Å². The summed E-state index contributed by atoms with van der Waals surface area (Å²) in [6.07, 6.45) is 1.15. The Balaban J connectivity index is 1.31. The van der Waals surface area contributed by atoms with Gasteiger partial charge in [0.05, 0.1) is 10.6 Å². The fourth-order valence-corrected chi connectivity index (χ4v) is 4.57. The van der Waals surface area contributed by atoms with E-state index in [4.69, 9.17) is 28.2 Å². The van der Waals surface area contributed by atoms with Crippen LogP contribution in [0.2, 0.25) is 10.0 Å². The lowest BCUT2D eigenvalue weighted by molar-refractivity contribution is 0.102. The number of benzene rings is 2. The molecule has 3 N–H and O–H groups in total. The van der Waals surface area contributed by atoms with E-state index in [1.54, 1.807) is 18.2 Å². The van der Waals surface area contributed by atoms with Gasteiger partial charge in [-0.1, -0.05) is 23.2 Å². The van der Waals surface area contributed by atoms with E-state index in [1.807, 2.05) is 43.3 Å². The molecule has 11 heteroatoms. The number of rotatable bonds is 7. The summed E-state index contributed by atoms with van der Waals surface area (Å²) in [5.41, 5.74) is 1.92. The molecule has 2 aromatic carbocycles. The first-order chi connectivity index (χ1) is 16.9. The number of carbonyl (C=O) groups excluding carboxylic acids is 1. The molecular weight excluding hydrogens is 505 g/mol. The van der Waals surface area contributed by atoms with Crippen LogP contribution >= 0.6 is 35.0 Å². The number of amides is 1. The molecule has 3 heterocycles. The zero-order valence-corrected chi connectivity index (χ0v) is 21.0. The zero-order valence-electron chi connectivity index (χ0n) is 18.7. The van der Waals surface area contributed by atoms with Gasteiger partial charge < -0.3 is 15.5 Å². The third-order valence-corrected chi connectivity index (χ3v) is 6.77. The van der Waals surface area contributed by atoms with E-state index in [1.165, 1.54) is 11.8 Å². The molecule has 2 aromatic heterocycles. The molecule has 0 bridgehead atoms. The molecule has 1 saturated heterocycles. The van der Waals surface area contributed by atoms with E-state index in [9.17, 15) is 4.79 Å². The number of nitrogens with one attached hydrogen (secondary N) is 3. The second kappa shape index (κ2) is 10.2. The van der Waals surface area contributed by atoms with Crippen LogP contribution < -0.4 is 15.5 Å². The first-order valence-electron chi connectivity index (χ1n) is 10.9. The van der Waals surface area contributed by atoms with E-state index in [2.05, 4.69) is 30.7 Å². The van der Waals surface area contributed by atoms with Gasteiger partial charge in [0.15, 0.2) is 11.0 Å². The Morgan fingerprint density at radius 3 is 2.51 bits per heavy atom. The van der Waals surface area contributed by atoms with Gasteiger partial charge in [0.1, 0.15) is 11.6 Å². The van der Waals surface area contributed by atoms with E-state index in [0.717, 1.165) is 35.9 Å². The van der Waals surface area contributed by atoms with Crippen LogP contribution in [-0.4, -0.2) is 39.2 Å². The lowest BCUT2D eigenvalue weighted by Gasteiger charge is -2.32. The van der Waals surface area contributed by atoms with Crippen LogP contribution in [0.15, 0.2) is 64.6 Å². The van der Waals surface area contributed by atoms with Crippen molar-refractivity contribution < 1.29 is 4.79 Å². The normalized spacial score (nSPS) is 12.8. The topological polar surface area (TPSA) is 98.8 Å². The summed E-state index contributed by atoms with van der Waals surface area (Å²) in [4.78, 5) is 25.1. The quantitative estimate of drug-likeness (QED) is 0.248. The van der Waals surface area contributed by atoms with E-state index >= 15 is 0 Å². The molecule has 0 aliphatic carbocycles. The van der Waals surface area contributed by atoms with Gasteiger partial charge in [0.2, 0.25) is 0 Å². The predicted octanol–water partition coefficient (Wildman–Crippen LogP) is 6.17. The molecule has 0 saturated carbocycles. The number of anilines is 4. The Hall–Kier alpha value is -3.27. The van der Waals surface area contributed by atoms with E-state index in [-0.39, 0.29) is 5.91 Å². The Morgan fingerprint density at radius 2 is 1.83 bits per heavy atom. The summed E-state index contributed by atoms with van der Waals surface area (Å²) in [6.45, 7) is 3.90. The second-order valence-electron chi connectivity index (χ2n) is 8.00. The second-order valence-corrected chi connectivity index (χ2v) is 9.88. The molecule has 0 radical (unpaired) electrons.